The standard InChI is InChI=1S/C16H28N4O6/c1-9(2)11(19-15(17)23)7-25-13(21)5-6-14(22)26-8-12(10(3)4)20-16(18)24/h5-6,9-12H,7-8H2,1-4H3,(H3,17,19,23)(H3,18,20,24)/b6-5+/t11-,12-/m1/s1. The molecule has 148 valence electrons. The number of urea groups is 2. The Morgan fingerprint density at radius 1 is 0.769 bits per heavy atom. The quantitative estimate of drug-likeness (QED) is 0.312. The molecule has 26 heavy (non-hydrogen) atoms. The summed E-state index contributed by atoms with van der Waals surface area (Å²) in [6.07, 6.45) is 1.83. The van der Waals surface area contributed by atoms with Crippen LogP contribution in [0, 0.1) is 11.8 Å². The lowest BCUT2D eigenvalue weighted by molar-refractivity contribution is -0.141. The predicted octanol–water partition coefficient (Wildman–Crippen LogP) is 0.0148. The van der Waals surface area contributed by atoms with E-state index in [2.05, 4.69) is 10.6 Å². The third kappa shape index (κ3) is 10.9. The number of rotatable bonds is 10. The van der Waals surface area contributed by atoms with Crippen molar-refractivity contribution in [3.63, 3.8) is 0 Å². The first-order chi connectivity index (χ1) is 12.0. The SMILES string of the molecule is CC(C)[C@@H](COC(=O)/C=C/C(=O)OC[C@@H](NC(N)=O)C(C)C)NC(N)=O. The van der Waals surface area contributed by atoms with Crippen molar-refractivity contribution in [2.45, 2.75) is 39.8 Å². The van der Waals surface area contributed by atoms with Crippen molar-refractivity contribution < 1.29 is 28.7 Å². The Hall–Kier alpha value is -2.78. The average molecular weight is 372 g/mol. The van der Waals surface area contributed by atoms with Gasteiger partial charge in [-0.3, -0.25) is 0 Å². The average Bonchev–Trinajstić information content (AvgIpc) is 2.52. The second kappa shape index (κ2) is 11.7. The highest BCUT2D eigenvalue weighted by Gasteiger charge is 2.18. The van der Waals surface area contributed by atoms with Crippen LogP contribution in [-0.4, -0.2) is 49.3 Å². The van der Waals surface area contributed by atoms with Crippen LogP contribution >= 0.6 is 0 Å². The van der Waals surface area contributed by atoms with E-state index in [9.17, 15) is 19.2 Å². The molecule has 0 aromatic heterocycles. The van der Waals surface area contributed by atoms with Crippen LogP contribution in [0.5, 0.6) is 0 Å². The molecule has 0 rings (SSSR count). The second-order valence-electron chi connectivity index (χ2n) is 6.31. The summed E-state index contributed by atoms with van der Waals surface area (Å²) in [5.41, 5.74) is 10.1. The largest absolute Gasteiger partial charge is 0.460 e. The van der Waals surface area contributed by atoms with Gasteiger partial charge in [0, 0.05) is 12.2 Å². The van der Waals surface area contributed by atoms with E-state index in [4.69, 9.17) is 20.9 Å². The lowest BCUT2D eigenvalue weighted by Crippen LogP contribution is -2.45. The number of hydrogen-bond acceptors (Lipinski definition) is 6. The van der Waals surface area contributed by atoms with Crippen molar-refractivity contribution in [2.75, 3.05) is 13.2 Å². The highest BCUT2D eigenvalue weighted by Crippen LogP contribution is 2.04. The minimum absolute atomic E-state index is 0.00466. The van der Waals surface area contributed by atoms with E-state index in [1.54, 1.807) is 0 Å². The van der Waals surface area contributed by atoms with E-state index in [0.29, 0.717) is 0 Å². The Balaban J connectivity index is 4.39. The van der Waals surface area contributed by atoms with Crippen molar-refractivity contribution in [3.05, 3.63) is 12.2 Å². The number of hydrogen-bond donors (Lipinski definition) is 4. The number of amides is 4. The van der Waals surface area contributed by atoms with E-state index in [1.165, 1.54) is 0 Å². The van der Waals surface area contributed by atoms with Crippen molar-refractivity contribution in [3.8, 4) is 0 Å². The monoisotopic (exact) mass is 372 g/mol. The van der Waals surface area contributed by atoms with Crippen molar-refractivity contribution in [1.29, 1.82) is 0 Å². The number of carbonyl (C=O) groups excluding carboxylic acids is 4. The molecule has 0 saturated heterocycles. The van der Waals surface area contributed by atoms with Gasteiger partial charge in [0.25, 0.3) is 0 Å². The van der Waals surface area contributed by atoms with E-state index in [-0.39, 0.29) is 25.0 Å². The molecule has 2 atom stereocenters. The van der Waals surface area contributed by atoms with Crippen LogP contribution in [0.25, 0.3) is 0 Å². The minimum Gasteiger partial charge on any atom is -0.460 e. The zero-order valence-corrected chi connectivity index (χ0v) is 15.5. The number of nitrogens with one attached hydrogen (secondary N) is 2. The Kier molecular flexibility index (Phi) is 10.5. The van der Waals surface area contributed by atoms with Gasteiger partial charge < -0.3 is 31.6 Å². The Morgan fingerprint density at radius 3 is 1.31 bits per heavy atom. The number of primary amides is 2. The van der Waals surface area contributed by atoms with Gasteiger partial charge in [-0.15, -0.1) is 0 Å². The van der Waals surface area contributed by atoms with Gasteiger partial charge in [-0.2, -0.15) is 0 Å². The molecule has 4 amide bonds. The smallest absolute Gasteiger partial charge is 0.331 e. The first-order valence-corrected chi connectivity index (χ1v) is 8.16. The van der Waals surface area contributed by atoms with Gasteiger partial charge in [0.1, 0.15) is 13.2 Å². The topological polar surface area (TPSA) is 163 Å². The Morgan fingerprint density at radius 2 is 1.08 bits per heavy atom. The highest BCUT2D eigenvalue weighted by atomic mass is 16.5. The number of esters is 2. The lowest BCUT2D eigenvalue weighted by Gasteiger charge is -2.20. The zero-order chi connectivity index (χ0) is 20.3. The molecule has 0 aliphatic carbocycles. The molecule has 0 bridgehead atoms. The summed E-state index contributed by atoms with van der Waals surface area (Å²) in [5.74, 6) is -1.55. The van der Waals surface area contributed by atoms with Crippen LogP contribution in [0.4, 0.5) is 9.59 Å². The molecular formula is C16H28N4O6. The Labute approximate surface area is 152 Å². The molecule has 0 radical (unpaired) electrons. The van der Waals surface area contributed by atoms with Crippen LogP contribution in [0.3, 0.4) is 0 Å². The Bertz CT molecular complexity index is 487. The van der Waals surface area contributed by atoms with Crippen molar-refractivity contribution in [2.24, 2.45) is 23.3 Å². The minimum atomic E-state index is -0.769. The van der Waals surface area contributed by atoms with Crippen LogP contribution < -0.4 is 22.1 Å². The molecule has 10 heteroatoms. The molecule has 0 spiro atoms. The van der Waals surface area contributed by atoms with Gasteiger partial charge in [0.05, 0.1) is 12.1 Å². The third-order valence-corrected chi connectivity index (χ3v) is 3.43. The summed E-state index contributed by atoms with van der Waals surface area (Å²) in [6, 6.07) is -2.32. The second-order valence-corrected chi connectivity index (χ2v) is 6.31. The molecule has 6 N–H and O–H groups in total. The summed E-state index contributed by atoms with van der Waals surface area (Å²) in [7, 11) is 0. The number of ether oxygens (including phenoxy) is 2. The molecular weight excluding hydrogens is 344 g/mol. The normalized spacial score (nSPS) is 13.3. The third-order valence-electron chi connectivity index (χ3n) is 3.43. The van der Waals surface area contributed by atoms with E-state index in [0.717, 1.165) is 12.2 Å². The van der Waals surface area contributed by atoms with Crippen LogP contribution in [-0.2, 0) is 19.1 Å². The van der Waals surface area contributed by atoms with Crippen molar-refractivity contribution >= 4 is 24.0 Å². The fourth-order valence-electron chi connectivity index (χ4n) is 1.74. The molecule has 10 nitrogen and oxygen atoms in total. The first kappa shape index (κ1) is 23.2. The molecule has 0 fully saturated rings. The number of carbonyl (C=O) groups is 4. The van der Waals surface area contributed by atoms with E-state index < -0.39 is 36.1 Å². The highest BCUT2D eigenvalue weighted by molar-refractivity contribution is 5.91. The molecule has 0 unspecified atom stereocenters. The van der Waals surface area contributed by atoms with Gasteiger partial charge in [-0.05, 0) is 11.8 Å². The van der Waals surface area contributed by atoms with Crippen LogP contribution in [0.1, 0.15) is 27.7 Å². The molecule has 0 saturated carbocycles. The maximum Gasteiger partial charge on any atom is 0.331 e. The molecule has 0 aliphatic rings. The van der Waals surface area contributed by atoms with Crippen molar-refractivity contribution in [1.82, 2.24) is 10.6 Å². The van der Waals surface area contributed by atoms with Gasteiger partial charge in [-0.25, -0.2) is 19.2 Å². The van der Waals surface area contributed by atoms with E-state index in [1.807, 2.05) is 27.7 Å². The van der Waals surface area contributed by atoms with E-state index >= 15 is 0 Å². The summed E-state index contributed by atoms with van der Waals surface area (Å²) in [4.78, 5) is 45.0. The first-order valence-electron chi connectivity index (χ1n) is 8.16. The van der Waals surface area contributed by atoms with Gasteiger partial charge in [0.15, 0.2) is 0 Å². The maximum atomic E-state index is 11.6. The zero-order valence-electron chi connectivity index (χ0n) is 15.5. The lowest BCUT2D eigenvalue weighted by atomic mass is 10.1. The summed E-state index contributed by atoms with van der Waals surface area (Å²) in [6.45, 7) is 7.13. The predicted molar refractivity (Wildman–Crippen MR) is 93.7 cm³/mol. The summed E-state index contributed by atoms with van der Waals surface area (Å²) in [5, 5.41) is 4.92. The van der Waals surface area contributed by atoms with Gasteiger partial charge in [0.2, 0.25) is 0 Å². The molecule has 0 aromatic carbocycles. The molecule has 0 aromatic rings. The summed E-state index contributed by atoms with van der Waals surface area (Å²) >= 11 is 0. The van der Waals surface area contributed by atoms with Gasteiger partial charge >= 0.3 is 24.0 Å². The molecule has 0 aliphatic heterocycles. The fraction of sp³-hybridized carbons (Fsp3) is 0.625. The maximum absolute atomic E-state index is 11.6. The number of nitrogens with two attached hydrogens (primary N) is 2. The van der Waals surface area contributed by atoms with Gasteiger partial charge in [-0.1, -0.05) is 27.7 Å². The van der Waals surface area contributed by atoms with Crippen LogP contribution in [0.2, 0.25) is 0 Å². The summed E-state index contributed by atoms with van der Waals surface area (Å²) < 4.78 is 9.91. The fourth-order valence-corrected chi connectivity index (χ4v) is 1.74. The molecule has 0 heterocycles. The van der Waals surface area contributed by atoms with Crippen LogP contribution in [0.15, 0.2) is 12.2 Å².